The van der Waals surface area contributed by atoms with Crippen LogP contribution >= 0.6 is 0 Å². The van der Waals surface area contributed by atoms with Crippen molar-refractivity contribution < 1.29 is 19.1 Å². The van der Waals surface area contributed by atoms with Gasteiger partial charge in [-0.25, -0.2) is 0 Å². The van der Waals surface area contributed by atoms with Gasteiger partial charge in [-0.15, -0.1) is 0 Å². The smallest absolute Gasteiger partial charge is 0.252 e. The molecule has 0 spiro atoms. The lowest BCUT2D eigenvalue weighted by molar-refractivity contribution is -0.144. The van der Waals surface area contributed by atoms with Gasteiger partial charge in [0.25, 0.3) is 5.91 Å². The minimum absolute atomic E-state index is 0.0138. The fourth-order valence-corrected chi connectivity index (χ4v) is 4.42. The lowest BCUT2D eigenvalue weighted by Gasteiger charge is -2.41. The summed E-state index contributed by atoms with van der Waals surface area (Å²) in [5, 5.41) is 2.96. The normalized spacial score (nSPS) is 17.7. The number of carbonyl (C=O) groups is 3. The topological polar surface area (TPSA) is 79.0 Å². The van der Waals surface area contributed by atoms with Crippen molar-refractivity contribution in [2.24, 2.45) is 5.92 Å². The van der Waals surface area contributed by atoms with Crippen LogP contribution in [-0.2, 0) is 9.59 Å². The third-order valence-corrected chi connectivity index (χ3v) is 6.85. The third-order valence-electron chi connectivity index (χ3n) is 6.85. The summed E-state index contributed by atoms with van der Waals surface area (Å²) >= 11 is 0. The van der Waals surface area contributed by atoms with Gasteiger partial charge in [0, 0.05) is 37.7 Å². The van der Waals surface area contributed by atoms with E-state index in [2.05, 4.69) is 12.2 Å². The summed E-state index contributed by atoms with van der Waals surface area (Å²) in [6, 6.07) is 6.27. The van der Waals surface area contributed by atoms with E-state index in [1.807, 2.05) is 25.7 Å². The standard InChI is InChI=1S/C27H43N3O4/c1-6-8-9-10-11-15-24(31)30-17-16-29(19-21(30)4)27(33)25(20(3)7-2)28-26(32)22-13-12-14-23(18-22)34-5/h12-14,18,20-21,25H,6-11,15-17,19H2,1-5H3,(H,28,32). The summed E-state index contributed by atoms with van der Waals surface area (Å²) in [6.07, 6.45) is 6.96. The molecule has 0 aromatic heterocycles. The van der Waals surface area contributed by atoms with Crippen molar-refractivity contribution in [3.8, 4) is 5.75 Å². The summed E-state index contributed by atoms with van der Waals surface area (Å²) in [5.74, 6) is 0.395. The van der Waals surface area contributed by atoms with Crippen LogP contribution in [0, 0.1) is 5.92 Å². The number of unbranched alkanes of at least 4 members (excludes halogenated alkanes) is 4. The van der Waals surface area contributed by atoms with E-state index in [4.69, 9.17) is 4.74 Å². The van der Waals surface area contributed by atoms with Gasteiger partial charge in [0.15, 0.2) is 0 Å². The molecule has 0 aliphatic carbocycles. The van der Waals surface area contributed by atoms with E-state index in [1.165, 1.54) is 19.3 Å². The molecule has 3 unspecified atom stereocenters. The fraction of sp³-hybridized carbons (Fsp3) is 0.667. The molecule has 1 aliphatic rings. The van der Waals surface area contributed by atoms with Crippen molar-refractivity contribution in [3.05, 3.63) is 29.8 Å². The first kappa shape index (κ1) is 27.7. The Kier molecular flexibility index (Phi) is 11.4. The number of nitrogens with zero attached hydrogens (tertiary/aromatic N) is 2. The van der Waals surface area contributed by atoms with Crippen LogP contribution in [0.1, 0.15) is 83.0 Å². The Morgan fingerprint density at radius 2 is 1.85 bits per heavy atom. The number of hydrogen-bond donors (Lipinski definition) is 1. The van der Waals surface area contributed by atoms with Gasteiger partial charge in [0.1, 0.15) is 11.8 Å². The van der Waals surface area contributed by atoms with Crippen LogP contribution in [0.3, 0.4) is 0 Å². The van der Waals surface area contributed by atoms with E-state index in [-0.39, 0.29) is 29.7 Å². The minimum Gasteiger partial charge on any atom is -0.497 e. The van der Waals surface area contributed by atoms with Crippen LogP contribution in [0.5, 0.6) is 5.75 Å². The van der Waals surface area contributed by atoms with Crippen molar-refractivity contribution in [1.29, 1.82) is 0 Å². The monoisotopic (exact) mass is 473 g/mol. The summed E-state index contributed by atoms with van der Waals surface area (Å²) in [7, 11) is 1.56. The predicted octanol–water partition coefficient (Wildman–Crippen LogP) is 4.26. The van der Waals surface area contributed by atoms with E-state index in [0.717, 1.165) is 19.3 Å². The summed E-state index contributed by atoms with van der Waals surface area (Å²) in [6.45, 7) is 9.70. The average molecular weight is 474 g/mol. The molecule has 34 heavy (non-hydrogen) atoms. The molecule has 7 nitrogen and oxygen atoms in total. The van der Waals surface area contributed by atoms with E-state index in [1.54, 1.807) is 36.3 Å². The Labute approximate surface area is 205 Å². The quantitative estimate of drug-likeness (QED) is 0.460. The Bertz CT molecular complexity index is 813. The highest BCUT2D eigenvalue weighted by atomic mass is 16.5. The number of piperazine rings is 1. The van der Waals surface area contributed by atoms with Gasteiger partial charge in [-0.2, -0.15) is 0 Å². The number of methoxy groups -OCH3 is 1. The second kappa shape index (κ2) is 14.0. The number of hydrogen-bond acceptors (Lipinski definition) is 4. The molecule has 1 N–H and O–H groups in total. The van der Waals surface area contributed by atoms with E-state index < -0.39 is 6.04 Å². The molecule has 3 amide bonds. The molecule has 1 fully saturated rings. The maximum atomic E-state index is 13.5. The van der Waals surface area contributed by atoms with Crippen LogP contribution in [0.25, 0.3) is 0 Å². The van der Waals surface area contributed by atoms with Crippen molar-refractivity contribution in [3.63, 3.8) is 0 Å². The Hall–Kier alpha value is -2.57. The lowest BCUT2D eigenvalue weighted by atomic mass is 9.96. The number of amides is 3. The summed E-state index contributed by atoms with van der Waals surface area (Å²) in [4.78, 5) is 42.8. The van der Waals surface area contributed by atoms with Crippen molar-refractivity contribution >= 4 is 17.7 Å². The fourth-order valence-electron chi connectivity index (χ4n) is 4.42. The Balaban J connectivity index is 1.98. The molecular formula is C27H43N3O4. The predicted molar refractivity (Wildman–Crippen MR) is 135 cm³/mol. The minimum atomic E-state index is -0.614. The first-order chi connectivity index (χ1) is 16.3. The Morgan fingerprint density at radius 3 is 2.50 bits per heavy atom. The highest BCUT2D eigenvalue weighted by Gasteiger charge is 2.35. The Morgan fingerprint density at radius 1 is 1.12 bits per heavy atom. The third kappa shape index (κ3) is 7.74. The molecule has 3 atom stereocenters. The van der Waals surface area contributed by atoms with Crippen molar-refractivity contribution in [2.75, 3.05) is 26.7 Å². The van der Waals surface area contributed by atoms with Crippen LogP contribution in [0.15, 0.2) is 24.3 Å². The van der Waals surface area contributed by atoms with Crippen LogP contribution in [-0.4, -0.2) is 66.3 Å². The maximum Gasteiger partial charge on any atom is 0.252 e. The summed E-state index contributed by atoms with van der Waals surface area (Å²) < 4.78 is 5.22. The number of benzene rings is 1. The molecule has 7 heteroatoms. The molecular weight excluding hydrogens is 430 g/mol. The van der Waals surface area contributed by atoms with E-state index in [0.29, 0.717) is 37.4 Å². The highest BCUT2D eigenvalue weighted by Crippen LogP contribution is 2.19. The number of rotatable bonds is 12. The lowest BCUT2D eigenvalue weighted by Crippen LogP contribution is -2.60. The zero-order valence-electron chi connectivity index (χ0n) is 21.6. The molecule has 1 aromatic carbocycles. The van der Waals surface area contributed by atoms with Gasteiger partial charge in [-0.3, -0.25) is 14.4 Å². The molecule has 0 saturated carbocycles. The largest absolute Gasteiger partial charge is 0.497 e. The second-order valence-electron chi connectivity index (χ2n) is 9.45. The van der Waals surface area contributed by atoms with Gasteiger partial charge in [0.2, 0.25) is 11.8 Å². The number of ether oxygens (including phenoxy) is 1. The van der Waals surface area contributed by atoms with Gasteiger partial charge in [-0.1, -0.05) is 58.9 Å². The average Bonchev–Trinajstić information content (AvgIpc) is 2.85. The molecule has 0 radical (unpaired) electrons. The molecule has 0 bridgehead atoms. The molecule has 190 valence electrons. The van der Waals surface area contributed by atoms with E-state index in [9.17, 15) is 14.4 Å². The molecule has 1 heterocycles. The number of carbonyl (C=O) groups excluding carboxylic acids is 3. The van der Waals surface area contributed by atoms with Crippen molar-refractivity contribution in [1.82, 2.24) is 15.1 Å². The van der Waals surface area contributed by atoms with E-state index >= 15 is 0 Å². The van der Waals surface area contributed by atoms with Crippen LogP contribution in [0.2, 0.25) is 0 Å². The first-order valence-corrected chi connectivity index (χ1v) is 12.8. The zero-order chi connectivity index (χ0) is 25.1. The maximum absolute atomic E-state index is 13.5. The van der Waals surface area contributed by atoms with Gasteiger partial charge in [0.05, 0.1) is 7.11 Å². The molecule has 2 rings (SSSR count). The van der Waals surface area contributed by atoms with Gasteiger partial charge >= 0.3 is 0 Å². The van der Waals surface area contributed by atoms with Gasteiger partial charge < -0.3 is 19.9 Å². The van der Waals surface area contributed by atoms with Crippen molar-refractivity contribution in [2.45, 2.75) is 84.7 Å². The molecule has 1 aliphatic heterocycles. The SMILES string of the molecule is CCCCCCCC(=O)N1CCN(C(=O)C(NC(=O)c2cccc(OC)c2)C(C)CC)CC1C. The first-order valence-electron chi connectivity index (χ1n) is 12.8. The molecule has 1 saturated heterocycles. The van der Waals surface area contributed by atoms with Crippen LogP contribution in [0.4, 0.5) is 0 Å². The second-order valence-corrected chi connectivity index (χ2v) is 9.45. The molecule has 1 aromatic rings. The van der Waals surface area contributed by atoms with Crippen LogP contribution < -0.4 is 10.1 Å². The highest BCUT2D eigenvalue weighted by molar-refractivity contribution is 5.98. The summed E-state index contributed by atoms with van der Waals surface area (Å²) in [5.41, 5.74) is 0.461. The number of nitrogens with one attached hydrogen (secondary N) is 1. The zero-order valence-corrected chi connectivity index (χ0v) is 21.6. The van der Waals surface area contributed by atoms with Gasteiger partial charge in [-0.05, 0) is 37.5 Å².